The molecule has 0 spiro atoms. The maximum Gasteiger partial charge on any atom is 0.261 e. The lowest BCUT2D eigenvalue weighted by molar-refractivity contribution is -0.129. The minimum absolute atomic E-state index is 0.00830. The quantitative estimate of drug-likeness (QED) is 0.674. The summed E-state index contributed by atoms with van der Waals surface area (Å²) in [6.07, 6.45) is 2.02. The number of carbonyl (C=O) groups is 1. The fourth-order valence-electron chi connectivity index (χ4n) is 2.90. The molecule has 0 aromatic heterocycles. The molecule has 0 aliphatic rings. The maximum absolute atomic E-state index is 12.7. The van der Waals surface area contributed by atoms with Crippen LogP contribution in [0, 0.1) is 5.92 Å². The lowest BCUT2D eigenvalue weighted by Crippen LogP contribution is -2.27. The molecule has 2 aromatic carbocycles. The summed E-state index contributed by atoms with van der Waals surface area (Å²) in [4.78, 5) is 13.5. The van der Waals surface area contributed by atoms with Crippen molar-refractivity contribution in [1.29, 1.82) is 0 Å². The maximum atomic E-state index is 12.7. The van der Waals surface area contributed by atoms with Crippen LogP contribution in [-0.2, 0) is 27.8 Å². The van der Waals surface area contributed by atoms with Gasteiger partial charge in [0.15, 0.2) is 0 Å². The van der Waals surface area contributed by atoms with Crippen LogP contribution >= 0.6 is 0 Å². The van der Waals surface area contributed by atoms with Crippen molar-refractivity contribution in [1.82, 2.24) is 4.90 Å². The Morgan fingerprint density at radius 1 is 1.07 bits per heavy atom. The van der Waals surface area contributed by atoms with Gasteiger partial charge in [0.2, 0.25) is 5.91 Å². The van der Waals surface area contributed by atoms with Gasteiger partial charge in [-0.2, -0.15) is 0 Å². The highest BCUT2D eigenvalue weighted by Gasteiger charge is 2.15. The molecule has 0 heterocycles. The minimum Gasteiger partial charge on any atom is -0.339 e. The highest BCUT2D eigenvalue weighted by molar-refractivity contribution is 7.92. The van der Waals surface area contributed by atoms with Crippen LogP contribution in [-0.4, -0.2) is 25.8 Å². The Bertz CT molecular complexity index is 890. The van der Waals surface area contributed by atoms with E-state index in [4.69, 9.17) is 0 Å². The Balaban J connectivity index is 2.11. The second-order valence-electron chi connectivity index (χ2n) is 7.42. The molecule has 1 N–H and O–H groups in total. The summed E-state index contributed by atoms with van der Waals surface area (Å²) >= 11 is 0. The van der Waals surface area contributed by atoms with Gasteiger partial charge < -0.3 is 4.90 Å². The third-order valence-corrected chi connectivity index (χ3v) is 6.02. The van der Waals surface area contributed by atoms with Crippen molar-refractivity contribution < 1.29 is 13.2 Å². The van der Waals surface area contributed by atoms with Crippen molar-refractivity contribution in [2.75, 3.05) is 11.3 Å². The predicted molar refractivity (Wildman–Crippen MR) is 114 cm³/mol. The SMILES string of the molecule is CCN(Cc1cccc(NS(=O)(=O)c2ccc(CCC(C)C)cc2)c1)C(C)=O. The van der Waals surface area contributed by atoms with Crippen LogP contribution < -0.4 is 4.72 Å². The van der Waals surface area contributed by atoms with Crippen molar-refractivity contribution in [2.45, 2.75) is 52.0 Å². The summed E-state index contributed by atoms with van der Waals surface area (Å²) in [6.45, 7) is 8.85. The Hall–Kier alpha value is -2.34. The molecule has 152 valence electrons. The van der Waals surface area contributed by atoms with E-state index < -0.39 is 10.0 Å². The lowest BCUT2D eigenvalue weighted by Gasteiger charge is -2.19. The van der Waals surface area contributed by atoms with E-state index in [0.29, 0.717) is 24.7 Å². The number of anilines is 1. The van der Waals surface area contributed by atoms with Crippen LogP contribution in [0.15, 0.2) is 53.4 Å². The van der Waals surface area contributed by atoms with Crippen LogP contribution in [0.1, 0.15) is 45.2 Å². The minimum atomic E-state index is -3.66. The fourth-order valence-corrected chi connectivity index (χ4v) is 3.95. The number of hydrogen-bond acceptors (Lipinski definition) is 3. The number of aryl methyl sites for hydroxylation is 1. The molecule has 0 fully saturated rings. The summed E-state index contributed by atoms with van der Waals surface area (Å²) in [6, 6.07) is 14.2. The van der Waals surface area contributed by atoms with Gasteiger partial charge in [0.1, 0.15) is 0 Å². The number of hydrogen-bond donors (Lipinski definition) is 1. The highest BCUT2D eigenvalue weighted by atomic mass is 32.2. The summed E-state index contributed by atoms with van der Waals surface area (Å²) in [5.74, 6) is 0.607. The molecule has 0 aliphatic heterocycles. The van der Waals surface area contributed by atoms with E-state index in [1.807, 2.05) is 25.1 Å². The van der Waals surface area contributed by atoms with Crippen molar-refractivity contribution >= 4 is 21.6 Å². The van der Waals surface area contributed by atoms with Crippen LogP contribution in [0.4, 0.5) is 5.69 Å². The molecule has 0 aliphatic carbocycles. The Kier molecular flexibility index (Phi) is 7.63. The lowest BCUT2D eigenvalue weighted by atomic mass is 10.0. The largest absolute Gasteiger partial charge is 0.339 e. The third-order valence-electron chi connectivity index (χ3n) is 4.62. The monoisotopic (exact) mass is 402 g/mol. The smallest absolute Gasteiger partial charge is 0.261 e. The van der Waals surface area contributed by atoms with Gasteiger partial charge in [-0.1, -0.05) is 38.1 Å². The third kappa shape index (κ3) is 6.37. The van der Waals surface area contributed by atoms with Crippen LogP contribution in [0.2, 0.25) is 0 Å². The molecular formula is C22H30N2O3S. The molecule has 0 saturated carbocycles. The van der Waals surface area contributed by atoms with Crippen molar-refractivity contribution in [3.8, 4) is 0 Å². The van der Waals surface area contributed by atoms with E-state index in [0.717, 1.165) is 24.0 Å². The molecule has 28 heavy (non-hydrogen) atoms. The van der Waals surface area contributed by atoms with E-state index in [-0.39, 0.29) is 10.8 Å². The topological polar surface area (TPSA) is 66.5 Å². The Morgan fingerprint density at radius 2 is 1.75 bits per heavy atom. The summed E-state index contributed by atoms with van der Waals surface area (Å²) in [7, 11) is -3.66. The van der Waals surface area contributed by atoms with E-state index in [2.05, 4.69) is 18.6 Å². The molecule has 5 nitrogen and oxygen atoms in total. The average Bonchev–Trinajstić information content (AvgIpc) is 2.64. The number of carbonyl (C=O) groups excluding carboxylic acids is 1. The number of sulfonamides is 1. The van der Waals surface area contributed by atoms with Crippen molar-refractivity contribution in [3.05, 3.63) is 59.7 Å². The first-order valence-corrected chi connectivity index (χ1v) is 11.2. The molecular weight excluding hydrogens is 372 g/mol. The van der Waals surface area contributed by atoms with Crippen LogP contribution in [0.3, 0.4) is 0 Å². The van der Waals surface area contributed by atoms with Gasteiger partial charge in [-0.05, 0) is 61.1 Å². The number of rotatable bonds is 9. The molecule has 0 saturated heterocycles. The van der Waals surface area contributed by atoms with Crippen LogP contribution in [0.5, 0.6) is 0 Å². The second kappa shape index (κ2) is 9.73. The summed E-state index contributed by atoms with van der Waals surface area (Å²) in [5, 5.41) is 0. The van der Waals surface area contributed by atoms with Gasteiger partial charge in [-0.15, -0.1) is 0 Å². The summed E-state index contributed by atoms with van der Waals surface area (Å²) in [5.41, 5.74) is 2.50. The average molecular weight is 403 g/mol. The fraction of sp³-hybridized carbons (Fsp3) is 0.409. The first-order chi connectivity index (χ1) is 13.2. The normalized spacial score (nSPS) is 11.5. The van der Waals surface area contributed by atoms with Crippen molar-refractivity contribution in [2.24, 2.45) is 5.92 Å². The van der Waals surface area contributed by atoms with Gasteiger partial charge in [0.25, 0.3) is 10.0 Å². The number of benzene rings is 2. The first-order valence-electron chi connectivity index (χ1n) is 9.67. The van der Waals surface area contributed by atoms with Crippen molar-refractivity contribution in [3.63, 3.8) is 0 Å². The molecule has 6 heteroatoms. The molecule has 0 atom stereocenters. The zero-order valence-electron chi connectivity index (χ0n) is 17.1. The standard InChI is InChI=1S/C22H30N2O3S/c1-5-24(18(4)25)16-20-7-6-8-21(15-20)23-28(26,27)22-13-11-19(12-14-22)10-9-17(2)3/h6-8,11-15,17,23H,5,9-10,16H2,1-4H3. The zero-order chi connectivity index (χ0) is 20.7. The second-order valence-corrected chi connectivity index (χ2v) is 9.10. The number of nitrogens with one attached hydrogen (secondary N) is 1. The Labute approximate surface area is 168 Å². The molecule has 1 amide bonds. The number of amides is 1. The van der Waals surface area contributed by atoms with E-state index in [9.17, 15) is 13.2 Å². The first kappa shape index (κ1) is 22.0. The van der Waals surface area contributed by atoms with Gasteiger partial charge in [-0.25, -0.2) is 8.42 Å². The predicted octanol–water partition coefficient (Wildman–Crippen LogP) is 4.44. The van der Waals surface area contributed by atoms with Crippen LogP contribution in [0.25, 0.3) is 0 Å². The van der Waals surface area contributed by atoms with E-state index >= 15 is 0 Å². The Morgan fingerprint density at radius 3 is 2.32 bits per heavy atom. The van der Waals surface area contributed by atoms with E-state index in [1.165, 1.54) is 6.92 Å². The van der Waals surface area contributed by atoms with Gasteiger partial charge in [0, 0.05) is 25.7 Å². The zero-order valence-corrected chi connectivity index (χ0v) is 17.9. The molecule has 0 radical (unpaired) electrons. The molecule has 2 aromatic rings. The molecule has 0 bridgehead atoms. The van der Waals surface area contributed by atoms with E-state index in [1.54, 1.807) is 35.2 Å². The molecule has 2 rings (SSSR count). The van der Waals surface area contributed by atoms with Gasteiger partial charge in [0.05, 0.1) is 4.90 Å². The number of nitrogens with zero attached hydrogens (tertiary/aromatic N) is 1. The molecule has 0 unspecified atom stereocenters. The van der Waals surface area contributed by atoms with Gasteiger partial charge >= 0.3 is 0 Å². The highest BCUT2D eigenvalue weighted by Crippen LogP contribution is 2.19. The van der Waals surface area contributed by atoms with Gasteiger partial charge in [-0.3, -0.25) is 9.52 Å². The summed E-state index contributed by atoms with van der Waals surface area (Å²) < 4.78 is 28.0.